The number of hydrogen-bond donors (Lipinski definition) is 2. The normalized spacial score (nSPS) is 11.2. The summed E-state index contributed by atoms with van der Waals surface area (Å²) < 4.78 is 49.2. The van der Waals surface area contributed by atoms with E-state index < -0.39 is 44.9 Å². The van der Waals surface area contributed by atoms with Gasteiger partial charge in [0.2, 0.25) is 0 Å². The van der Waals surface area contributed by atoms with E-state index >= 15 is 0 Å². The molecule has 0 aliphatic carbocycles. The molecule has 0 aromatic heterocycles. The van der Waals surface area contributed by atoms with Crippen molar-refractivity contribution in [2.24, 2.45) is 0 Å². The van der Waals surface area contributed by atoms with Crippen LogP contribution in [0.3, 0.4) is 0 Å². The van der Waals surface area contributed by atoms with E-state index in [2.05, 4.69) is 5.32 Å². The monoisotopic (exact) mass is 328 g/mol. The SMILES string of the molecule is O=C(O)c1cc(NCCSC(F)(F)F)c(F)cc1[N+](=O)[O-]. The van der Waals surface area contributed by atoms with Crippen molar-refractivity contribution in [3.8, 4) is 0 Å². The molecule has 0 radical (unpaired) electrons. The third-order valence-electron chi connectivity index (χ3n) is 2.20. The maximum Gasteiger partial charge on any atom is 0.441 e. The molecule has 0 fully saturated rings. The molecule has 116 valence electrons. The molecular weight excluding hydrogens is 320 g/mol. The van der Waals surface area contributed by atoms with E-state index in [0.717, 1.165) is 0 Å². The fourth-order valence-corrected chi connectivity index (χ4v) is 1.81. The molecule has 0 unspecified atom stereocenters. The Bertz CT molecular complexity index is 565. The van der Waals surface area contributed by atoms with Gasteiger partial charge in [-0.25, -0.2) is 9.18 Å². The molecule has 0 spiro atoms. The average Bonchev–Trinajstić information content (AvgIpc) is 2.33. The highest BCUT2D eigenvalue weighted by atomic mass is 32.2. The molecule has 11 heteroatoms. The van der Waals surface area contributed by atoms with Crippen LogP contribution in [0.4, 0.5) is 28.9 Å². The van der Waals surface area contributed by atoms with Crippen LogP contribution < -0.4 is 5.32 Å². The first-order valence-electron chi connectivity index (χ1n) is 5.27. The number of anilines is 1. The van der Waals surface area contributed by atoms with Crippen LogP contribution in [0.1, 0.15) is 10.4 Å². The van der Waals surface area contributed by atoms with Crippen LogP contribution in [-0.4, -0.2) is 33.8 Å². The Balaban J connectivity index is 2.86. The second-order valence-electron chi connectivity index (χ2n) is 3.63. The fraction of sp³-hybridized carbons (Fsp3) is 0.300. The Kier molecular flexibility index (Phi) is 5.35. The number of hydrogen-bond acceptors (Lipinski definition) is 5. The van der Waals surface area contributed by atoms with Crippen LogP contribution in [0.15, 0.2) is 12.1 Å². The summed E-state index contributed by atoms with van der Waals surface area (Å²) in [6.07, 6.45) is 0. The van der Waals surface area contributed by atoms with Gasteiger partial charge in [0.1, 0.15) is 5.56 Å². The summed E-state index contributed by atoms with van der Waals surface area (Å²) in [5, 5.41) is 21.7. The molecular formula is C10H8F4N2O4S. The zero-order chi connectivity index (χ0) is 16.2. The van der Waals surface area contributed by atoms with Gasteiger partial charge in [-0.05, 0) is 17.8 Å². The molecule has 0 heterocycles. The van der Waals surface area contributed by atoms with Gasteiger partial charge in [0.05, 0.1) is 16.7 Å². The summed E-state index contributed by atoms with van der Waals surface area (Å²) in [6, 6.07) is 1.08. The van der Waals surface area contributed by atoms with Gasteiger partial charge in [0, 0.05) is 12.3 Å². The number of nitrogens with zero attached hydrogens (tertiary/aromatic N) is 1. The highest BCUT2D eigenvalue weighted by Crippen LogP contribution is 2.30. The maximum absolute atomic E-state index is 13.5. The van der Waals surface area contributed by atoms with Crippen molar-refractivity contribution in [2.45, 2.75) is 5.51 Å². The maximum atomic E-state index is 13.5. The van der Waals surface area contributed by atoms with E-state index in [1.54, 1.807) is 0 Å². The second kappa shape index (κ2) is 6.61. The largest absolute Gasteiger partial charge is 0.477 e. The van der Waals surface area contributed by atoms with Crippen molar-refractivity contribution < 1.29 is 32.4 Å². The van der Waals surface area contributed by atoms with Crippen molar-refractivity contribution in [2.75, 3.05) is 17.6 Å². The van der Waals surface area contributed by atoms with Gasteiger partial charge in [-0.3, -0.25) is 10.1 Å². The number of halogens is 4. The Labute approximate surface area is 119 Å². The molecule has 0 amide bonds. The van der Waals surface area contributed by atoms with Gasteiger partial charge in [-0.2, -0.15) is 13.2 Å². The molecule has 6 nitrogen and oxygen atoms in total. The Hall–Kier alpha value is -2.04. The van der Waals surface area contributed by atoms with Crippen LogP contribution in [0.5, 0.6) is 0 Å². The molecule has 0 saturated carbocycles. The molecule has 0 bridgehead atoms. The lowest BCUT2D eigenvalue weighted by Gasteiger charge is -2.10. The summed E-state index contributed by atoms with van der Waals surface area (Å²) in [7, 11) is 0. The molecule has 0 aliphatic heterocycles. The topological polar surface area (TPSA) is 92.5 Å². The number of alkyl halides is 3. The highest BCUT2D eigenvalue weighted by Gasteiger charge is 2.27. The lowest BCUT2D eigenvalue weighted by Crippen LogP contribution is -2.12. The molecule has 1 aromatic rings. The van der Waals surface area contributed by atoms with E-state index in [4.69, 9.17) is 5.11 Å². The number of nitro benzene ring substituents is 1. The van der Waals surface area contributed by atoms with Crippen molar-refractivity contribution in [3.63, 3.8) is 0 Å². The number of nitrogens with one attached hydrogen (secondary N) is 1. The molecule has 1 rings (SSSR count). The van der Waals surface area contributed by atoms with Gasteiger partial charge in [-0.15, -0.1) is 0 Å². The summed E-state index contributed by atoms with van der Waals surface area (Å²) in [5.41, 5.74) is -6.54. The first-order valence-corrected chi connectivity index (χ1v) is 6.26. The molecule has 0 saturated heterocycles. The van der Waals surface area contributed by atoms with Crippen LogP contribution in [0.2, 0.25) is 0 Å². The predicted molar refractivity (Wildman–Crippen MR) is 67.0 cm³/mol. The predicted octanol–water partition coefficient (Wildman–Crippen LogP) is 3.10. The third kappa shape index (κ3) is 5.10. The minimum Gasteiger partial charge on any atom is -0.477 e. The zero-order valence-electron chi connectivity index (χ0n) is 10.1. The van der Waals surface area contributed by atoms with Crippen molar-refractivity contribution in [1.29, 1.82) is 0 Å². The minimum absolute atomic E-state index is 0.294. The number of benzene rings is 1. The molecule has 21 heavy (non-hydrogen) atoms. The number of rotatable bonds is 6. The van der Waals surface area contributed by atoms with E-state index in [0.29, 0.717) is 12.1 Å². The van der Waals surface area contributed by atoms with Crippen LogP contribution >= 0.6 is 11.8 Å². The number of carboxylic acids is 1. The van der Waals surface area contributed by atoms with E-state index in [1.807, 2.05) is 0 Å². The first-order chi connectivity index (χ1) is 9.61. The zero-order valence-corrected chi connectivity index (χ0v) is 10.9. The second-order valence-corrected chi connectivity index (χ2v) is 4.79. The highest BCUT2D eigenvalue weighted by molar-refractivity contribution is 8.00. The van der Waals surface area contributed by atoms with Crippen molar-refractivity contribution in [3.05, 3.63) is 33.6 Å². The van der Waals surface area contributed by atoms with Gasteiger partial charge in [0.15, 0.2) is 5.82 Å². The standard InChI is InChI=1S/C10H8F4N2O4S/c11-6-4-8(16(19)20)5(9(17)18)3-7(6)15-1-2-21-10(12,13)14/h3-4,15H,1-2H2,(H,17,18). The van der Waals surface area contributed by atoms with Crippen LogP contribution in [-0.2, 0) is 0 Å². The third-order valence-corrected chi connectivity index (χ3v) is 2.93. The number of carboxylic acid groups (broad SMARTS) is 1. The summed E-state index contributed by atoms with van der Waals surface area (Å²) >= 11 is -0.332. The molecule has 2 N–H and O–H groups in total. The fourth-order valence-electron chi connectivity index (χ4n) is 1.37. The lowest BCUT2D eigenvalue weighted by atomic mass is 10.1. The van der Waals surface area contributed by atoms with Gasteiger partial charge >= 0.3 is 11.5 Å². The minimum atomic E-state index is -4.43. The number of aromatic carboxylic acids is 1. The Morgan fingerprint density at radius 1 is 1.43 bits per heavy atom. The van der Waals surface area contributed by atoms with Crippen LogP contribution in [0.25, 0.3) is 0 Å². The van der Waals surface area contributed by atoms with E-state index in [1.165, 1.54) is 0 Å². The van der Waals surface area contributed by atoms with E-state index in [-0.39, 0.29) is 18.3 Å². The smallest absolute Gasteiger partial charge is 0.441 e. The van der Waals surface area contributed by atoms with Crippen LogP contribution in [0, 0.1) is 15.9 Å². The molecule has 0 aliphatic rings. The van der Waals surface area contributed by atoms with E-state index in [9.17, 15) is 32.5 Å². The number of thioether (sulfide) groups is 1. The Morgan fingerprint density at radius 2 is 2.05 bits per heavy atom. The van der Waals surface area contributed by atoms with Gasteiger partial charge < -0.3 is 10.4 Å². The quantitative estimate of drug-likeness (QED) is 0.361. The van der Waals surface area contributed by atoms with Gasteiger partial charge in [0.25, 0.3) is 5.69 Å². The van der Waals surface area contributed by atoms with Crippen molar-refractivity contribution in [1.82, 2.24) is 0 Å². The Morgan fingerprint density at radius 3 is 2.52 bits per heavy atom. The summed E-state index contributed by atoms with van der Waals surface area (Å²) in [6.45, 7) is -0.294. The number of nitro groups is 1. The van der Waals surface area contributed by atoms with Crippen molar-refractivity contribution >= 4 is 29.1 Å². The number of carbonyl (C=O) groups is 1. The first kappa shape index (κ1) is 17.0. The summed E-state index contributed by atoms with van der Waals surface area (Å²) in [5.74, 6) is -3.19. The summed E-state index contributed by atoms with van der Waals surface area (Å²) in [4.78, 5) is 20.4. The van der Waals surface area contributed by atoms with Gasteiger partial charge in [-0.1, -0.05) is 0 Å². The molecule has 1 aromatic carbocycles. The molecule has 0 atom stereocenters. The average molecular weight is 328 g/mol. The lowest BCUT2D eigenvalue weighted by molar-refractivity contribution is -0.385.